The molecule has 0 radical (unpaired) electrons. The van der Waals surface area contributed by atoms with Crippen molar-refractivity contribution < 1.29 is 19.5 Å². The number of rotatable bonds is 4. The fourth-order valence-electron chi connectivity index (χ4n) is 2.09. The lowest BCUT2D eigenvalue weighted by atomic mass is 10.0. The number of hydrogen-bond donors (Lipinski definition) is 2. The van der Waals surface area contributed by atoms with Crippen LogP contribution in [0.25, 0.3) is 0 Å². The van der Waals surface area contributed by atoms with Crippen LogP contribution < -0.4 is 5.32 Å². The maximum Gasteiger partial charge on any atom is 0.308 e. The van der Waals surface area contributed by atoms with Gasteiger partial charge in [0, 0.05) is 20.0 Å². The first-order valence-corrected chi connectivity index (χ1v) is 6.11. The molecule has 1 aliphatic heterocycles. The minimum absolute atomic E-state index is 0.0229. The molecule has 0 aromatic rings. The summed E-state index contributed by atoms with van der Waals surface area (Å²) in [6, 6.07) is -0.574. The van der Waals surface area contributed by atoms with Crippen LogP contribution in [0.2, 0.25) is 0 Å². The van der Waals surface area contributed by atoms with Crippen molar-refractivity contribution in [3.05, 3.63) is 0 Å². The van der Waals surface area contributed by atoms with E-state index in [0.717, 1.165) is 0 Å². The zero-order valence-corrected chi connectivity index (χ0v) is 11.0. The Morgan fingerprint density at radius 1 is 1.33 bits per heavy atom. The van der Waals surface area contributed by atoms with E-state index in [-0.39, 0.29) is 24.3 Å². The van der Waals surface area contributed by atoms with Crippen LogP contribution in [0.5, 0.6) is 0 Å². The summed E-state index contributed by atoms with van der Waals surface area (Å²) < 4.78 is 0. The van der Waals surface area contributed by atoms with Crippen molar-refractivity contribution in [1.82, 2.24) is 10.2 Å². The zero-order valence-electron chi connectivity index (χ0n) is 11.0. The Kier molecular flexibility index (Phi) is 4.69. The van der Waals surface area contributed by atoms with Crippen LogP contribution in [0.4, 0.5) is 0 Å². The third-order valence-corrected chi connectivity index (χ3v) is 3.14. The molecule has 1 rings (SSSR count). The molecule has 0 spiro atoms. The molecule has 1 aliphatic rings. The summed E-state index contributed by atoms with van der Waals surface area (Å²) in [6.07, 6.45) is 0.478. The lowest BCUT2D eigenvalue weighted by molar-refractivity contribution is -0.142. The molecule has 18 heavy (non-hydrogen) atoms. The Morgan fingerprint density at radius 2 is 1.94 bits per heavy atom. The molecule has 102 valence electrons. The second-order valence-electron chi connectivity index (χ2n) is 5.03. The minimum Gasteiger partial charge on any atom is -0.481 e. The molecule has 1 fully saturated rings. The fraction of sp³-hybridized carbons (Fsp3) is 0.750. The Labute approximate surface area is 106 Å². The molecule has 0 aliphatic carbocycles. The van der Waals surface area contributed by atoms with Crippen molar-refractivity contribution >= 4 is 17.8 Å². The van der Waals surface area contributed by atoms with Gasteiger partial charge in [-0.3, -0.25) is 14.4 Å². The smallest absolute Gasteiger partial charge is 0.308 e. The number of amides is 2. The van der Waals surface area contributed by atoms with Crippen molar-refractivity contribution in [2.45, 2.75) is 33.2 Å². The summed E-state index contributed by atoms with van der Waals surface area (Å²) in [4.78, 5) is 35.7. The van der Waals surface area contributed by atoms with Crippen LogP contribution in [0, 0.1) is 11.8 Å². The van der Waals surface area contributed by atoms with E-state index in [9.17, 15) is 14.4 Å². The Balaban J connectivity index is 2.67. The molecule has 6 nitrogen and oxygen atoms in total. The Morgan fingerprint density at radius 3 is 2.33 bits per heavy atom. The van der Waals surface area contributed by atoms with Crippen molar-refractivity contribution in [2.75, 3.05) is 13.1 Å². The minimum atomic E-state index is -0.870. The van der Waals surface area contributed by atoms with E-state index >= 15 is 0 Å². The van der Waals surface area contributed by atoms with Gasteiger partial charge in [0.15, 0.2) is 0 Å². The van der Waals surface area contributed by atoms with Gasteiger partial charge >= 0.3 is 5.97 Å². The van der Waals surface area contributed by atoms with Gasteiger partial charge in [0.05, 0.1) is 5.92 Å². The molecule has 2 amide bonds. The maximum atomic E-state index is 12.2. The number of carbonyl (C=O) groups is 3. The van der Waals surface area contributed by atoms with Gasteiger partial charge in [-0.1, -0.05) is 13.8 Å². The summed E-state index contributed by atoms with van der Waals surface area (Å²) in [5.41, 5.74) is 0. The third kappa shape index (κ3) is 3.45. The maximum absolute atomic E-state index is 12.2. The molecule has 2 N–H and O–H groups in total. The van der Waals surface area contributed by atoms with Crippen LogP contribution in [-0.4, -0.2) is 46.9 Å². The van der Waals surface area contributed by atoms with Crippen LogP contribution in [0.15, 0.2) is 0 Å². The molecule has 1 heterocycles. The van der Waals surface area contributed by atoms with E-state index in [1.165, 1.54) is 11.8 Å². The lowest BCUT2D eigenvalue weighted by Crippen LogP contribution is -2.50. The second-order valence-corrected chi connectivity index (χ2v) is 5.03. The normalized spacial score (nSPS) is 20.9. The molecular formula is C12H20N2O4. The third-order valence-electron chi connectivity index (χ3n) is 3.14. The Hall–Kier alpha value is -1.59. The molecule has 0 aromatic carbocycles. The molecule has 0 aromatic heterocycles. The van der Waals surface area contributed by atoms with Crippen molar-refractivity contribution in [3.63, 3.8) is 0 Å². The number of carboxylic acids is 1. The highest BCUT2D eigenvalue weighted by molar-refractivity contribution is 5.87. The molecule has 0 bridgehead atoms. The summed E-state index contributed by atoms with van der Waals surface area (Å²) in [5, 5.41) is 11.5. The lowest BCUT2D eigenvalue weighted by Gasteiger charge is -2.26. The van der Waals surface area contributed by atoms with Crippen LogP contribution in [-0.2, 0) is 14.4 Å². The topological polar surface area (TPSA) is 86.7 Å². The van der Waals surface area contributed by atoms with Crippen LogP contribution in [0.1, 0.15) is 27.2 Å². The van der Waals surface area contributed by atoms with Gasteiger partial charge in [0.25, 0.3) is 0 Å². The van der Waals surface area contributed by atoms with Gasteiger partial charge in [-0.15, -0.1) is 0 Å². The molecule has 1 saturated heterocycles. The first kappa shape index (κ1) is 14.5. The highest BCUT2D eigenvalue weighted by atomic mass is 16.4. The number of carboxylic acid groups (broad SMARTS) is 1. The first-order valence-electron chi connectivity index (χ1n) is 6.11. The quantitative estimate of drug-likeness (QED) is 0.745. The molecule has 0 saturated carbocycles. The molecule has 2 atom stereocenters. The predicted molar refractivity (Wildman–Crippen MR) is 64.8 cm³/mol. The van der Waals surface area contributed by atoms with E-state index in [1.807, 2.05) is 13.8 Å². The van der Waals surface area contributed by atoms with Crippen molar-refractivity contribution in [3.8, 4) is 0 Å². The number of nitrogens with zero attached hydrogens (tertiary/aromatic N) is 1. The average molecular weight is 256 g/mol. The van der Waals surface area contributed by atoms with Gasteiger partial charge < -0.3 is 15.3 Å². The van der Waals surface area contributed by atoms with E-state index in [0.29, 0.717) is 13.0 Å². The SMILES string of the molecule is CC(=O)N[C@@H](C(=O)N1CC[C@@H](C(=O)O)C1)C(C)C. The number of nitrogens with one attached hydrogen (secondary N) is 1. The van der Waals surface area contributed by atoms with Crippen molar-refractivity contribution in [2.24, 2.45) is 11.8 Å². The summed E-state index contributed by atoms with van der Waals surface area (Å²) >= 11 is 0. The van der Waals surface area contributed by atoms with Gasteiger partial charge in [0.1, 0.15) is 6.04 Å². The summed E-state index contributed by atoms with van der Waals surface area (Å²) in [6.45, 7) is 5.74. The molecule has 0 unspecified atom stereocenters. The van der Waals surface area contributed by atoms with E-state index in [1.54, 1.807) is 0 Å². The number of aliphatic carboxylic acids is 1. The van der Waals surface area contributed by atoms with Crippen LogP contribution in [0.3, 0.4) is 0 Å². The number of carbonyl (C=O) groups excluding carboxylic acids is 2. The van der Waals surface area contributed by atoms with Gasteiger partial charge in [-0.2, -0.15) is 0 Å². The van der Waals surface area contributed by atoms with Gasteiger partial charge in [-0.05, 0) is 12.3 Å². The fourth-order valence-corrected chi connectivity index (χ4v) is 2.09. The summed E-state index contributed by atoms with van der Waals surface area (Å²) in [7, 11) is 0. The number of likely N-dealkylation sites (tertiary alicyclic amines) is 1. The van der Waals surface area contributed by atoms with Gasteiger partial charge in [0.2, 0.25) is 11.8 Å². The predicted octanol–water partition coefficient (Wildman–Crippen LogP) is 0.0802. The molecular weight excluding hydrogens is 236 g/mol. The van der Waals surface area contributed by atoms with Crippen molar-refractivity contribution in [1.29, 1.82) is 0 Å². The largest absolute Gasteiger partial charge is 0.481 e. The zero-order chi connectivity index (χ0) is 13.9. The monoisotopic (exact) mass is 256 g/mol. The average Bonchev–Trinajstić information content (AvgIpc) is 2.73. The van der Waals surface area contributed by atoms with E-state index in [4.69, 9.17) is 5.11 Å². The van der Waals surface area contributed by atoms with E-state index < -0.39 is 17.9 Å². The van der Waals surface area contributed by atoms with Gasteiger partial charge in [-0.25, -0.2) is 0 Å². The van der Waals surface area contributed by atoms with E-state index in [2.05, 4.69) is 5.32 Å². The Bertz CT molecular complexity index is 354. The van der Waals surface area contributed by atoms with Crippen LogP contribution >= 0.6 is 0 Å². The molecule has 6 heteroatoms. The first-order chi connectivity index (χ1) is 8.32. The number of hydrogen-bond acceptors (Lipinski definition) is 3. The highest BCUT2D eigenvalue weighted by Gasteiger charge is 2.35. The second kappa shape index (κ2) is 5.84. The summed E-state index contributed by atoms with van der Waals surface area (Å²) in [5.74, 6) is -1.82. The standard InChI is InChI=1S/C12H20N2O4/c1-7(2)10(13-8(3)15)11(16)14-5-4-9(6-14)12(17)18/h7,9-10H,4-6H2,1-3H3,(H,13,15)(H,17,18)/t9-,10-/m1/s1. The highest BCUT2D eigenvalue weighted by Crippen LogP contribution is 2.18.